The number of carbonyl (C=O) groups excluding carboxylic acids is 1. The van der Waals surface area contributed by atoms with Gasteiger partial charge in [-0.05, 0) is 54.8 Å². The number of benzene rings is 2. The first-order chi connectivity index (χ1) is 14.6. The summed E-state index contributed by atoms with van der Waals surface area (Å²) in [7, 11) is 3.40. The number of carbonyl (C=O) groups is 1. The molecule has 8 heteroatoms. The lowest BCUT2D eigenvalue weighted by atomic mass is 9.88. The van der Waals surface area contributed by atoms with Crippen LogP contribution in [0, 0.1) is 6.92 Å². The Hall–Kier alpha value is -2.49. The van der Waals surface area contributed by atoms with Crippen molar-refractivity contribution in [3.63, 3.8) is 0 Å². The number of ether oxygens (including phenoxy) is 2. The highest BCUT2D eigenvalue weighted by atomic mass is 16.7. The van der Waals surface area contributed by atoms with Gasteiger partial charge in [0, 0.05) is 19.7 Å². The quantitative estimate of drug-likeness (QED) is 0.556. The molecule has 31 heavy (non-hydrogen) atoms. The van der Waals surface area contributed by atoms with Crippen molar-refractivity contribution >= 4 is 5.91 Å². The Morgan fingerprint density at radius 1 is 1.16 bits per heavy atom. The molecule has 5 atom stereocenters. The van der Waals surface area contributed by atoms with Gasteiger partial charge in [0.15, 0.2) is 5.60 Å². The number of aryl methyl sites for hydroxylation is 1. The Morgan fingerprint density at radius 2 is 1.84 bits per heavy atom. The second-order valence-electron chi connectivity index (χ2n) is 8.23. The van der Waals surface area contributed by atoms with Crippen molar-refractivity contribution in [1.82, 2.24) is 4.90 Å². The molecule has 4 N–H and O–H groups in total. The zero-order chi connectivity index (χ0) is 22.9. The van der Waals surface area contributed by atoms with Gasteiger partial charge in [-0.15, -0.1) is 0 Å². The minimum absolute atomic E-state index is 0.0885. The molecule has 0 radical (unpaired) electrons. The Bertz CT molecular complexity index is 943. The molecule has 1 saturated heterocycles. The monoisotopic (exact) mass is 431 g/mol. The topological polar surface area (TPSA) is 120 Å². The first kappa shape index (κ1) is 23.2. The van der Waals surface area contributed by atoms with Crippen molar-refractivity contribution in [1.29, 1.82) is 0 Å². The maximum Gasteiger partial charge on any atom is 0.253 e. The Kier molecular flexibility index (Phi) is 6.68. The van der Waals surface area contributed by atoms with Gasteiger partial charge < -0.3 is 34.8 Å². The molecule has 1 fully saturated rings. The third kappa shape index (κ3) is 4.58. The van der Waals surface area contributed by atoms with E-state index in [0.29, 0.717) is 11.3 Å². The molecule has 0 aromatic heterocycles. The lowest BCUT2D eigenvalue weighted by Gasteiger charge is -2.45. The van der Waals surface area contributed by atoms with E-state index in [0.717, 1.165) is 16.7 Å². The minimum atomic E-state index is -1.89. The van der Waals surface area contributed by atoms with Crippen LogP contribution in [0.25, 0.3) is 11.1 Å². The van der Waals surface area contributed by atoms with Gasteiger partial charge in [-0.1, -0.05) is 18.2 Å². The van der Waals surface area contributed by atoms with Crippen LogP contribution in [0.2, 0.25) is 0 Å². The number of aliphatic hydroxyl groups excluding tert-OH is 3. The first-order valence-electron chi connectivity index (χ1n) is 10.0. The van der Waals surface area contributed by atoms with Crippen molar-refractivity contribution in [3.05, 3.63) is 53.6 Å². The zero-order valence-corrected chi connectivity index (χ0v) is 18.0. The largest absolute Gasteiger partial charge is 0.461 e. The molecule has 0 aliphatic carbocycles. The maximum atomic E-state index is 12.2. The van der Waals surface area contributed by atoms with E-state index in [1.54, 1.807) is 26.2 Å². The van der Waals surface area contributed by atoms with E-state index in [1.165, 1.54) is 11.8 Å². The highest BCUT2D eigenvalue weighted by Gasteiger charge is 2.53. The van der Waals surface area contributed by atoms with E-state index >= 15 is 0 Å². The van der Waals surface area contributed by atoms with Crippen LogP contribution in [0.15, 0.2) is 42.5 Å². The summed E-state index contributed by atoms with van der Waals surface area (Å²) in [6.07, 6.45) is -5.38. The van der Waals surface area contributed by atoms with Crippen LogP contribution in [0.1, 0.15) is 22.8 Å². The van der Waals surface area contributed by atoms with Gasteiger partial charge in [-0.2, -0.15) is 0 Å². The Balaban J connectivity index is 1.85. The Labute approximate surface area is 181 Å². The zero-order valence-electron chi connectivity index (χ0n) is 18.0. The number of rotatable bonds is 5. The molecule has 0 unspecified atom stereocenters. The molecule has 1 aliphatic heterocycles. The van der Waals surface area contributed by atoms with Crippen LogP contribution in [0.5, 0.6) is 5.75 Å². The fraction of sp³-hybridized carbons (Fsp3) is 0.435. The number of aliphatic hydroxyl groups is 4. The molecular weight excluding hydrogens is 402 g/mol. The predicted octanol–water partition coefficient (Wildman–Crippen LogP) is 0.933. The van der Waals surface area contributed by atoms with E-state index in [9.17, 15) is 25.2 Å². The van der Waals surface area contributed by atoms with Gasteiger partial charge in [-0.25, -0.2) is 0 Å². The van der Waals surface area contributed by atoms with Crippen molar-refractivity contribution in [3.8, 4) is 16.9 Å². The molecule has 0 saturated carbocycles. The van der Waals surface area contributed by atoms with Crippen LogP contribution in [-0.4, -0.2) is 82.1 Å². The molecule has 1 amide bonds. The average molecular weight is 431 g/mol. The smallest absolute Gasteiger partial charge is 0.253 e. The first-order valence-corrected chi connectivity index (χ1v) is 10.0. The number of hydrogen-bond acceptors (Lipinski definition) is 7. The third-order valence-corrected chi connectivity index (χ3v) is 5.52. The van der Waals surface area contributed by atoms with E-state index in [1.807, 2.05) is 37.3 Å². The van der Waals surface area contributed by atoms with Crippen molar-refractivity contribution < 1.29 is 34.7 Å². The predicted molar refractivity (Wildman–Crippen MR) is 114 cm³/mol. The molecule has 0 bridgehead atoms. The fourth-order valence-electron chi connectivity index (χ4n) is 3.53. The summed E-state index contributed by atoms with van der Waals surface area (Å²) in [5, 5.41) is 40.2. The van der Waals surface area contributed by atoms with Gasteiger partial charge in [0.05, 0.1) is 6.61 Å². The van der Waals surface area contributed by atoms with Gasteiger partial charge in [0.2, 0.25) is 6.29 Å². The van der Waals surface area contributed by atoms with Crippen LogP contribution in [0.4, 0.5) is 0 Å². The van der Waals surface area contributed by atoms with Gasteiger partial charge in [-0.3, -0.25) is 4.79 Å². The van der Waals surface area contributed by atoms with Crippen molar-refractivity contribution in [2.75, 3.05) is 20.7 Å². The van der Waals surface area contributed by atoms with Crippen molar-refractivity contribution in [2.45, 2.75) is 44.1 Å². The summed E-state index contributed by atoms with van der Waals surface area (Å²) in [6.45, 7) is 2.59. The molecule has 2 aromatic rings. The molecule has 168 valence electrons. The summed E-state index contributed by atoms with van der Waals surface area (Å²) in [4.78, 5) is 13.8. The molecule has 3 rings (SSSR count). The van der Waals surface area contributed by atoms with Crippen LogP contribution >= 0.6 is 0 Å². The summed E-state index contributed by atoms with van der Waals surface area (Å²) < 4.78 is 11.3. The second kappa shape index (κ2) is 8.94. The average Bonchev–Trinajstić information content (AvgIpc) is 2.75. The second-order valence-corrected chi connectivity index (χ2v) is 8.23. The van der Waals surface area contributed by atoms with E-state index in [-0.39, 0.29) is 5.91 Å². The SMILES string of the molecule is Cc1cc(-c2cccc(C(=O)N(C)C)c2)ccc1O[C@H]1O[C@H](CO)[C@@H](O)[C@H](O)[C@]1(C)O. The van der Waals surface area contributed by atoms with Crippen LogP contribution in [0.3, 0.4) is 0 Å². The van der Waals surface area contributed by atoms with Crippen LogP contribution < -0.4 is 4.74 Å². The fourth-order valence-corrected chi connectivity index (χ4v) is 3.53. The van der Waals surface area contributed by atoms with Crippen molar-refractivity contribution in [2.24, 2.45) is 0 Å². The van der Waals surface area contributed by atoms with Gasteiger partial charge in [0.25, 0.3) is 5.91 Å². The normalized spacial score (nSPS) is 28.3. The number of amides is 1. The maximum absolute atomic E-state index is 12.2. The third-order valence-electron chi connectivity index (χ3n) is 5.52. The van der Waals surface area contributed by atoms with Gasteiger partial charge >= 0.3 is 0 Å². The van der Waals surface area contributed by atoms with E-state index in [2.05, 4.69) is 0 Å². The van der Waals surface area contributed by atoms with Gasteiger partial charge in [0.1, 0.15) is 24.1 Å². The summed E-state index contributed by atoms with van der Waals surface area (Å²) in [5.41, 5.74) is 1.16. The van der Waals surface area contributed by atoms with E-state index in [4.69, 9.17) is 9.47 Å². The lowest BCUT2D eigenvalue weighted by molar-refractivity contribution is -0.314. The number of nitrogens with zero attached hydrogens (tertiary/aromatic N) is 1. The lowest BCUT2D eigenvalue weighted by Crippen LogP contribution is -2.66. The van der Waals surface area contributed by atoms with Crippen LogP contribution in [-0.2, 0) is 4.74 Å². The molecule has 1 aliphatic rings. The highest BCUT2D eigenvalue weighted by Crippen LogP contribution is 2.34. The minimum Gasteiger partial charge on any atom is -0.461 e. The molecule has 0 spiro atoms. The molecular formula is C23H29NO7. The summed E-state index contributed by atoms with van der Waals surface area (Å²) >= 11 is 0. The standard InChI is InChI=1S/C23H29NO7/c1-13-10-15(14-6-5-7-16(11-14)21(28)24(3)4)8-9-17(13)30-22-23(2,29)20(27)19(26)18(12-25)31-22/h5-11,18-20,22,25-27,29H,12H2,1-4H3/t18-,19-,20+,22+,23+/m1/s1. The molecule has 1 heterocycles. The molecule has 8 nitrogen and oxygen atoms in total. The summed E-state index contributed by atoms with van der Waals surface area (Å²) in [6, 6.07) is 12.7. The Morgan fingerprint density at radius 3 is 2.45 bits per heavy atom. The summed E-state index contributed by atoms with van der Waals surface area (Å²) in [5.74, 6) is 0.323. The number of hydrogen-bond donors (Lipinski definition) is 4. The highest BCUT2D eigenvalue weighted by molar-refractivity contribution is 5.95. The van der Waals surface area contributed by atoms with E-state index < -0.39 is 36.8 Å². The molecule has 2 aromatic carbocycles.